The van der Waals surface area contributed by atoms with Crippen molar-refractivity contribution >= 4 is 10.9 Å². The van der Waals surface area contributed by atoms with E-state index in [1.807, 2.05) is 6.07 Å². The van der Waals surface area contributed by atoms with Gasteiger partial charge in [-0.15, -0.1) is 0 Å². The average molecular weight is 751 g/mol. The maximum Gasteiger partial charge on any atom is 0.160 e. The first-order valence-electron chi connectivity index (χ1n) is 20.2. The number of hydrogen-bond acceptors (Lipinski definition) is 2. The first-order chi connectivity index (χ1) is 29.2. The number of nitrogens with zero attached hydrogens (tertiary/aromatic N) is 2. The average Bonchev–Trinajstić information content (AvgIpc) is 3.63. The molecule has 0 atom stereocenters. The molecule has 0 N–H and O–H groups in total. The Morgan fingerprint density at radius 3 is 1.44 bits per heavy atom. The lowest BCUT2D eigenvalue weighted by molar-refractivity contribution is 0.769. The summed E-state index contributed by atoms with van der Waals surface area (Å²) in [6, 6.07) is 83.1. The molecule has 0 aliphatic heterocycles. The molecule has 1 heterocycles. The number of para-hydroxylation sites is 1. The Hall–Kier alpha value is -7.68. The van der Waals surface area contributed by atoms with Crippen molar-refractivity contribution in [1.82, 2.24) is 9.97 Å². The molecule has 10 aromatic rings. The molecule has 0 spiro atoms. The van der Waals surface area contributed by atoms with Crippen molar-refractivity contribution in [2.75, 3.05) is 0 Å². The number of rotatable bonds is 7. The van der Waals surface area contributed by atoms with Crippen LogP contribution in [-0.2, 0) is 5.41 Å². The van der Waals surface area contributed by atoms with Crippen LogP contribution >= 0.6 is 0 Å². The van der Waals surface area contributed by atoms with Crippen molar-refractivity contribution in [3.8, 4) is 67.2 Å². The zero-order chi connectivity index (χ0) is 39.2. The quantitative estimate of drug-likeness (QED) is 0.162. The highest BCUT2D eigenvalue weighted by atomic mass is 14.9. The number of fused-ring (bicyclic) bond motifs is 4. The van der Waals surface area contributed by atoms with E-state index in [1.165, 1.54) is 33.4 Å². The number of benzene rings is 9. The van der Waals surface area contributed by atoms with Crippen LogP contribution in [0.15, 0.2) is 231 Å². The molecule has 59 heavy (non-hydrogen) atoms. The lowest BCUT2D eigenvalue weighted by atomic mass is 9.67. The first-order valence-corrected chi connectivity index (χ1v) is 20.2. The summed E-state index contributed by atoms with van der Waals surface area (Å²) in [6.45, 7) is 0. The van der Waals surface area contributed by atoms with E-state index in [0.717, 1.165) is 61.1 Å². The largest absolute Gasteiger partial charge is 0.228 e. The van der Waals surface area contributed by atoms with Gasteiger partial charge in [-0.05, 0) is 103 Å². The van der Waals surface area contributed by atoms with Gasteiger partial charge in [0.05, 0.1) is 16.6 Å². The monoisotopic (exact) mass is 750 g/mol. The Labute approximate surface area is 344 Å². The molecule has 0 saturated heterocycles. The van der Waals surface area contributed by atoms with Crippen molar-refractivity contribution in [3.63, 3.8) is 0 Å². The summed E-state index contributed by atoms with van der Waals surface area (Å²) in [4.78, 5) is 10.6. The summed E-state index contributed by atoms with van der Waals surface area (Å²) >= 11 is 0. The minimum absolute atomic E-state index is 0.490. The molecule has 0 amide bonds. The Balaban J connectivity index is 1.13. The van der Waals surface area contributed by atoms with E-state index in [1.54, 1.807) is 0 Å². The molecule has 1 aliphatic rings. The SMILES string of the molecule is c1ccc(-c2cccc(-c3nc(-c4cc(-c5ccccc5)cc(-c5cccc(C6(c7ccccc7)c7ccccc7-c7ccccc76)c5)c4)c4ccccc4n3)c2)cc1. The van der Waals surface area contributed by atoms with Crippen molar-refractivity contribution in [2.45, 2.75) is 5.41 Å². The summed E-state index contributed by atoms with van der Waals surface area (Å²) in [5.74, 6) is 0.702. The molecule has 0 saturated carbocycles. The van der Waals surface area contributed by atoms with Gasteiger partial charge >= 0.3 is 0 Å². The van der Waals surface area contributed by atoms with E-state index in [0.29, 0.717) is 5.82 Å². The third kappa shape index (κ3) is 5.88. The fourth-order valence-corrected chi connectivity index (χ4v) is 9.27. The number of hydrogen-bond donors (Lipinski definition) is 0. The molecule has 9 aromatic carbocycles. The zero-order valence-corrected chi connectivity index (χ0v) is 32.3. The Bertz CT molecular complexity index is 3110. The van der Waals surface area contributed by atoms with Crippen molar-refractivity contribution in [2.24, 2.45) is 0 Å². The second-order valence-electron chi connectivity index (χ2n) is 15.3. The van der Waals surface area contributed by atoms with Crippen LogP contribution in [0, 0.1) is 0 Å². The summed E-state index contributed by atoms with van der Waals surface area (Å²) in [7, 11) is 0. The summed E-state index contributed by atoms with van der Waals surface area (Å²) in [5.41, 5.74) is 17.9. The van der Waals surface area contributed by atoms with Gasteiger partial charge in [-0.2, -0.15) is 0 Å². The summed E-state index contributed by atoms with van der Waals surface area (Å²) in [6.07, 6.45) is 0. The van der Waals surface area contributed by atoms with Gasteiger partial charge in [-0.25, -0.2) is 9.97 Å². The van der Waals surface area contributed by atoms with Gasteiger partial charge in [0.1, 0.15) is 0 Å². The van der Waals surface area contributed by atoms with Gasteiger partial charge in [-0.3, -0.25) is 0 Å². The molecular weight excluding hydrogens is 713 g/mol. The van der Waals surface area contributed by atoms with E-state index >= 15 is 0 Å². The second kappa shape index (κ2) is 14.4. The fourth-order valence-electron chi connectivity index (χ4n) is 9.27. The lowest BCUT2D eigenvalue weighted by Gasteiger charge is -2.34. The van der Waals surface area contributed by atoms with Crippen molar-refractivity contribution < 1.29 is 0 Å². The molecule has 2 heteroatoms. The highest BCUT2D eigenvalue weighted by molar-refractivity contribution is 5.96. The molecule has 1 aromatic heterocycles. The smallest absolute Gasteiger partial charge is 0.160 e. The maximum absolute atomic E-state index is 5.42. The Morgan fingerprint density at radius 1 is 0.288 bits per heavy atom. The third-order valence-electron chi connectivity index (χ3n) is 11.9. The van der Waals surface area contributed by atoms with Crippen LogP contribution < -0.4 is 0 Å². The van der Waals surface area contributed by atoms with Crippen LogP contribution in [0.3, 0.4) is 0 Å². The highest BCUT2D eigenvalue weighted by Crippen LogP contribution is 2.56. The third-order valence-corrected chi connectivity index (χ3v) is 11.9. The molecule has 11 rings (SSSR count). The molecule has 0 radical (unpaired) electrons. The topological polar surface area (TPSA) is 25.8 Å². The fraction of sp³-hybridized carbons (Fsp3) is 0.0175. The second-order valence-corrected chi connectivity index (χ2v) is 15.3. The predicted octanol–water partition coefficient (Wildman–Crippen LogP) is 14.3. The zero-order valence-electron chi connectivity index (χ0n) is 32.3. The van der Waals surface area contributed by atoms with Gasteiger partial charge in [0.25, 0.3) is 0 Å². The molecule has 1 aliphatic carbocycles. The van der Waals surface area contributed by atoms with Crippen molar-refractivity contribution in [3.05, 3.63) is 253 Å². The van der Waals surface area contributed by atoms with Gasteiger partial charge < -0.3 is 0 Å². The Kier molecular flexibility index (Phi) is 8.41. The van der Waals surface area contributed by atoms with Crippen LogP contribution in [0.2, 0.25) is 0 Å². The van der Waals surface area contributed by atoms with E-state index in [9.17, 15) is 0 Å². The minimum Gasteiger partial charge on any atom is -0.228 e. The molecule has 0 bridgehead atoms. The first kappa shape index (κ1) is 34.6. The van der Waals surface area contributed by atoms with Crippen LogP contribution in [0.5, 0.6) is 0 Å². The van der Waals surface area contributed by atoms with Crippen LogP contribution in [0.1, 0.15) is 22.3 Å². The summed E-state index contributed by atoms with van der Waals surface area (Å²) < 4.78 is 0. The predicted molar refractivity (Wildman–Crippen MR) is 244 cm³/mol. The van der Waals surface area contributed by atoms with Gasteiger partial charge in [-0.1, -0.05) is 194 Å². The summed E-state index contributed by atoms with van der Waals surface area (Å²) in [5, 5.41) is 1.02. The molecule has 2 nitrogen and oxygen atoms in total. The minimum atomic E-state index is -0.490. The van der Waals surface area contributed by atoms with E-state index < -0.39 is 5.41 Å². The van der Waals surface area contributed by atoms with E-state index in [4.69, 9.17) is 9.97 Å². The molecule has 0 fully saturated rings. The van der Waals surface area contributed by atoms with Crippen LogP contribution in [0.4, 0.5) is 0 Å². The maximum atomic E-state index is 5.42. The molecule has 276 valence electrons. The van der Waals surface area contributed by atoms with Crippen molar-refractivity contribution in [1.29, 1.82) is 0 Å². The van der Waals surface area contributed by atoms with Gasteiger partial charge in [0.2, 0.25) is 0 Å². The normalized spacial score (nSPS) is 12.5. The van der Waals surface area contributed by atoms with Crippen LogP contribution in [0.25, 0.3) is 78.1 Å². The molecule has 0 unspecified atom stereocenters. The lowest BCUT2D eigenvalue weighted by Crippen LogP contribution is -2.28. The Morgan fingerprint density at radius 2 is 0.746 bits per heavy atom. The highest BCUT2D eigenvalue weighted by Gasteiger charge is 2.45. The van der Waals surface area contributed by atoms with Gasteiger partial charge in [0.15, 0.2) is 5.82 Å². The van der Waals surface area contributed by atoms with E-state index in [2.05, 4.69) is 224 Å². The number of aromatic nitrogens is 2. The molecular formula is C57H38N2. The van der Waals surface area contributed by atoms with Gasteiger partial charge in [0, 0.05) is 16.5 Å². The standard InChI is InChI=1S/C57H38N2/c1-4-18-39(19-5-1)41-22-16-24-43(34-41)56-58-54-33-15-12-30-51(54)55(59-56)46-36-44(40-20-6-2-7-21-40)35-45(37-46)42-23-17-27-48(38-42)57(47-25-8-3-9-26-47)52-31-13-10-28-49(52)50-29-11-14-32-53(50)57/h1-38H. The van der Waals surface area contributed by atoms with Crippen LogP contribution in [-0.4, -0.2) is 9.97 Å². The van der Waals surface area contributed by atoms with E-state index in [-0.39, 0.29) is 0 Å².